The van der Waals surface area contributed by atoms with Crippen molar-refractivity contribution < 1.29 is 8.42 Å². The van der Waals surface area contributed by atoms with Gasteiger partial charge in [-0.2, -0.15) is 0 Å². The number of sulfonamides is 1. The summed E-state index contributed by atoms with van der Waals surface area (Å²) in [6, 6.07) is 7.38. The smallest absolute Gasteiger partial charge is 0.216 e. The first kappa shape index (κ1) is 17.1. The van der Waals surface area contributed by atoms with Gasteiger partial charge in [-0.15, -0.1) is 0 Å². The van der Waals surface area contributed by atoms with Crippen molar-refractivity contribution in [3.05, 3.63) is 35.4 Å². The van der Waals surface area contributed by atoms with Gasteiger partial charge >= 0.3 is 0 Å². The van der Waals surface area contributed by atoms with Gasteiger partial charge in [-0.3, -0.25) is 0 Å². The normalized spacial score (nSPS) is 13.3. The summed E-state index contributed by atoms with van der Waals surface area (Å²) >= 11 is 0. The largest absolute Gasteiger partial charge is 0.326 e. The minimum atomic E-state index is -3.27. The molecule has 5 heteroatoms. The fourth-order valence-electron chi connectivity index (χ4n) is 2.10. The van der Waals surface area contributed by atoms with Crippen molar-refractivity contribution in [2.24, 2.45) is 5.73 Å². The molecule has 0 aromatic heterocycles. The third-order valence-electron chi connectivity index (χ3n) is 3.24. The second kappa shape index (κ2) is 8.39. The Morgan fingerprint density at radius 1 is 1.15 bits per heavy atom. The zero-order valence-electron chi connectivity index (χ0n) is 12.4. The number of benzene rings is 1. The van der Waals surface area contributed by atoms with Crippen LogP contribution in [0.2, 0.25) is 0 Å². The van der Waals surface area contributed by atoms with E-state index in [2.05, 4.69) is 11.6 Å². The Morgan fingerprint density at radius 2 is 1.75 bits per heavy atom. The van der Waals surface area contributed by atoms with Gasteiger partial charge in [0.1, 0.15) is 0 Å². The van der Waals surface area contributed by atoms with Crippen LogP contribution in [0, 0.1) is 0 Å². The summed E-state index contributed by atoms with van der Waals surface area (Å²) in [5.74, 6) is 0.0238. The van der Waals surface area contributed by atoms with Crippen LogP contribution in [-0.2, 0) is 22.3 Å². The molecule has 1 aromatic carbocycles. The van der Waals surface area contributed by atoms with Crippen molar-refractivity contribution in [2.45, 2.75) is 57.9 Å². The molecule has 0 bridgehead atoms. The van der Waals surface area contributed by atoms with E-state index in [1.807, 2.05) is 31.2 Å². The molecule has 0 aliphatic carbocycles. The van der Waals surface area contributed by atoms with Gasteiger partial charge in [0, 0.05) is 12.6 Å². The molecular weight excluding hydrogens is 272 g/mol. The third kappa shape index (κ3) is 6.50. The minimum absolute atomic E-state index is 0.00475. The molecule has 114 valence electrons. The van der Waals surface area contributed by atoms with E-state index in [1.54, 1.807) is 0 Å². The molecule has 1 aromatic rings. The topological polar surface area (TPSA) is 72.2 Å². The van der Waals surface area contributed by atoms with Crippen LogP contribution >= 0.6 is 0 Å². The monoisotopic (exact) mass is 298 g/mol. The van der Waals surface area contributed by atoms with Crippen LogP contribution in [0.1, 0.15) is 50.7 Å². The van der Waals surface area contributed by atoms with E-state index in [1.165, 1.54) is 0 Å². The summed E-state index contributed by atoms with van der Waals surface area (Å²) in [5, 5.41) is 0. The molecule has 0 heterocycles. The highest BCUT2D eigenvalue weighted by atomic mass is 32.2. The number of nitrogens with one attached hydrogen (secondary N) is 1. The van der Waals surface area contributed by atoms with Crippen molar-refractivity contribution in [3.8, 4) is 0 Å². The molecular formula is C15H26N2O2S. The Balaban J connectivity index is 2.51. The van der Waals surface area contributed by atoms with Gasteiger partial charge in [0.25, 0.3) is 0 Å². The second-order valence-electron chi connectivity index (χ2n) is 5.29. The quantitative estimate of drug-likeness (QED) is 0.688. The molecule has 0 aliphatic rings. The van der Waals surface area contributed by atoms with Gasteiger partial charge in [-0.05, 0) is 24.5 Å². The first-order chi connectivity index (χ1) is 9.46. The van der Waals surface area contributed by atoms with E-state index in [-0.39, 0.29) is 11.8 Å². The van der Waals surface area contributed by atoms with Crippen LogP contribution in [0.5, 0.6) is 0 Å². The van der Waals surface area contributed by atoms with Crippen LogP contribution in [0.15, 0.2) is 24.3 Å². The lowest BCUT2D eigenvalue weighted by Crippen LogP contribution is -2.33. The maximum atomic E-state index is 12.1. The van der Waals surface area contributed by atoms with Gasteiger partial charge in [0.05, 0.1) is 5.75 Å². The van der Waals surface area contributed by atoms with Crippen LogP contribution in [0.25, 0.3) is 0 Å². The Kier molecular flexibility index (Phi) is 7.19. The minimum Gasteiger partial charge on any atom is -0.326 e. The summed E-state index contributed by atoms with van der Waals surface area (Å²) < 4.78 is 26.9. The van der Waals surface area contributed by atoms with Crippen molar-refractivity contribution in [2.75, 3.05) is 0 Å². The first-order valence-electron chi connectivity index (χ1n) is 7.24. The van der Waals surface area contributed by atoms with Crippen molar-refractivity contribution >= 4 is 10.0 Å². The van der Waals surface area contributed by atoms with E-state index in [9.17, 15) is 8.42 Å². The average Bonchev–Trinajstić information content (AvgIpc) is 2.38. The Hall–Kier alpha value is -0.910. The van der Waals surface area contributed by atoms with Crippen molar-refractivity contribution in [3.63, 3.8) is 0 Å². The molecule has 1 atom stereocenters. The predicted molar refractivity (Wildman–Crippen MR) is 83.7 cm³/mol. The number of hydrogen-bond donors (Lipinski definition) is 2. The second-order valence-corrected chi connectivity index (χ2v) is 7.05. The van der Waals surface area contributed by atoms with E-state index in [0.29, 0.717) is 6.54 Å². The molecule has 0 radical (unpaired) electrons. The fourth-order valence-corrected chi connectivity index (χ4v) is 3.54. The lowest BCUT2D eigenvalue weighted by Gasteiger charge is -2.14. The molecule has 0 spiro atoms. The molecule has 3 N–H and O–H groups in total. The Bertz CT molecular complexity index is 483. The lowest BCUT2D eigenvalue weighted by molar-refractivity contribution is 0.526. The number of hydrogen-bond acceptors (Lipinski definition) is 3. The molecule has 20 heavy (non-hydrogen) atoms. The van der Waals surface area contributed by atoms with E-state index in [4.69, 9.17) is 5.73 Å². The highest BCUT2D eigenvalue weighted by Crippen LogP contribution is 2.09. The highest BCUT2D eigenvalue weighted by molar-refractivity contribution is 7.88. The standard InChI is InChI=1S/C15H26N2O2S/c1-3-4-5-6-13(2)17-20(18,19)12-15-9-7-14(11-16)8-10-15/h7-10,13,17H,3-6,11-12,16H2,1-2H3. The molecule has 0 saturated heterocycles. The number of unbranched alkanes of at least 4 members (excludes halogenated alkanes) is 2. The van der Waals surface area contributed by atoms with Crippen molar-refractivity contribution in [1.29, 1.82) is 0 Å². The van der Waals surface area contributed by atoms with Gasteiger partial charge in [-0.25, -0.2) is 13.1 Å². The summed E-state index contributed by atoms with van der Waals surface area (Å²) in [5.41, 5.74) is 7.31. The molecule has 1 unspecified atom stereocenters. The van der Waals surface area contributed by atoms with E-state index < -0.39 is 10.0 Å². The van der Waals surface area contributed by atoms with Gasteiger partial charge < -0.3 is 5.73 Å². The summed E-state index contributed by atoms with van der Waals surface area (Å²) in [7, 11) is -3.27. The van der Waals surface area contributed by atoms with Crippen LogP contribution in [0.4, 0.5) is 0 Å². The number of rotatable bonds is 9. The fraction of sp³-hybridized carbons (Fsp3) is 0.600. The molecule has 0 aliphatic heterocycles. The summed E-state index contributed by atoms with van der Waals surface area (Å²) in [4.78, 5) is 0. The maximum Gasteiger partial charge on any atom is 0.216 e. The Labute approximate surface area is 122 Å². The van der Waals surface area contributed by atoms with Crippen LogP contribution in [-0.4, -0.2) is 14.5 Å². The number of nitrogens with two attached hydrogens (primary N) is 1. The van der Waals surface area contributed by atoms with Crippen molar-refractivity contribution in [1.82, 2.24) is 4.72 Å². The SMILES string of the molecule is CCCCCC(C)NS(=O)(=O)Cc1ccc(CN)cc1. The predicted octanol–water partition coefficient (Wildman–Crippen LogP) is 2.53. The van der Waals surface area contributed by atoms with Gasteiger partial charge in [0.2, 0.25) is 10.0 Å². The van der Waals surface area contributed by atoms with Crippen LogP contribution in [0.3, 0.4) is 0 Å². The zero-order chi connectivity index (χ0) is 15.0. The van der Waals surface area contributed by atoms with Gasteiger partial charge in [-0.1, -0.05) is 50.5 Å². The molecule has 0 fully saturated rings. The molecule has 0 amide bonds. The highest BCUT2D eigenvalue weighted by Gasteiger charge is 2.15. The maximum absolute atomic E-state index is 12.1. The first-order valence-corrected chi connectivity index (χ1v) is 8.90. The Morgan fingerprint density at radius 3 is 2.30 bits per heavy atom. The van der Waals surface area contributed by atoms with E-state index >= 15 is 0 Å². The molecule has 4 nitrogen and oxygen atoms in total. The third-order valence-corrected chi connectivity index (χ3v) is 4.71. The molecule has 0 saturated carbocycles. The lowest BCUT2D eigenvalue weighted by atomic mass is 10.1. The zero-order valence-corrected chi connectivity index (χ0v) is 13.2. The summed E-state index contributed by atoms with van der Waals surface area (Å²) in [6.45, 7) is 4.53. The summed E-state index contributed by atoms with van der Waals surface area (Å²) in [6.07, 6.45) is 4.24. The average molecular weight is 298 g/mol. The van der Waals surface area contributed by atoms with Gasteiger partial charge in [0.15, 0.2) is 0 Å². The van der Waals surface area contributed by atoms with E-state index in [0.717, 1.165) is 36.8 Å². The molecule has 1 rings (SSSR count). The van der Waals surface area contributed by atoms with Crippen LogP contribution < -0.4 is 10.5 Å².